The Balaban J connectivity index is 2.61. The van der Waals surface area contributed by atoms with Crippen LogP contribution in [-0.4, -0.2) is 31.1 Å². The highest BCUT2D eigenvalue weighted by Crippen LogP contribution is 2.28. The van der Waals surface area contributed by atoms with Gasteiger partial charge in [0, 0.05) is 0 Å². The van der Waals surface area contributed by atoms with Crippen molar-refractivity contribution in [3.8, 4) is 0 Å². The molecular weight excluding hydrogens is 172 g/mol. The minimum absolute atomic E-state index is 0.144. The van der Waals surface area contributed by atoms with Crippen molar-refractivity contribution in [1.29, 1.82) is 0 Å². The Morgan fingerprint density at radius 2 is 2.00 bits per heavy atom. The second-order valence-corrected chi connectivity index (χ2v) is 4.27. The first-order valence-electron chi connectivity index (χ1n) is 4.17. The van der Waals surface area contributed by atoms with Gasteiger partial charge in [-0.1, -0.05) is 0 Å². The molecule has 0 aromatic rings. The molecule has 1 saturated heterocycles. The summed E-state index contributed by atoms with van der Waals surface area (Å²) in [5, 5.41) is 0. The number of hydrogen-bond acceptors (Lipinski definition) is 4. The molecule has 0 N–H and O–H groups in total. The SMILES string of the molecule is CC(C)(C)OC(=O)C1(C=O)COC1. The fourth-order valence-corrected chi connectivity index (χ4v) is 0.936. The second-order valence-electron chi connectivity index (χ2n) is 4.27. The van der Waals surface area contributed by atoms with Crippen LogP contribution in [0.5, 0.6) is 0 Å². The van der Waals surface area contributed by atoms with E-state index in [2.05, 4.69) is 0 Å². The summed E-state index contributed by atoms with van der Waals surface area (Å²) in [6.07, 6.45) is 0.616. The molecule has 0 spiro atoms. The topological polar surface area (TPSA) is 52.6 Å². The van der Waals surface area contributed by atoms with Crippen LogP contribution in [0.3, 0.4) is 0 Å². The van der Waals surface area contributed by atoms with Gasteiger partial charge in [0.2, 0.25) is 0 Å². The fourth-order valence-electron chi connectivity index (χ4n) is 0.936. The molecule has 0 aromatic carbocycles. The van der Waals surface area contributed by atoms with Gasteiger partial charge in [-0.05, 0) is 20.8 Å². The number of carbonyl (C=O) groups excluding carboxylic acids is 2. The molecule has 1 fully saturated rings. The summed E-state index contributed by atoms with van der Waals surface area (Å²) in [6, 6.07) is 0. The van der Waals surface area contributed by atoms with Crippen LogP contribution < -0.4 is 0 Å². The minimum Gasteiger partial charge on any atom is -0.459 e. The van der Waals surface area contributed by atoms with Crippen molar-refractivity contribution in [1.82, 2.24) is 0 Å². The normalized spacial score (nSPS) is 20.2. The van der Waals surface area contributed by atoms with E-state index in [9.17, 15) is 9.59 Å². The maximum Gasteiger partial charge on any atom is 0.324 e. The zero-order valence-corrected chi connectivity index (χ0v) is 8.12. The molecule has 0 aromatic heterocycles. The molecule has 0 bridgehead atoms. The molecule has 0 amide bonds. The molecule has 0 aliphatic carbocycles. The van der Waals surface area contributed by atoms with Crippen LogP contribution in [0, 0.1) is 5.41 Å². The van der Waals surface area contributed by atoms with Crippen LogP contribution in [-0.2, 0) is 19.1 Å². The van der Waals surface area contributed by atoms with E-state index >= 15 is 0 Å². The smallest absolute Gasteiger partial charge is 0.324 e. The van der Waals surface area contributed by atoms with Crippen molar-refractivity contribution in [3.05, 3.63) is 0 Å². The van der Waals surface area contributed by atoms with E-state index in [-0.39, 0.29) is 13.2 Å². The summed E-state index contributed by atoms with van der Waals surface area (Å²) in [6.45, 7) is 5.59. The van der Waals surface area contributed by atoms with Crippen molar-refractivity contribution in [2.24, 2.45) is 5.41 Å². The quantitative estimate of drug-likeness (QED) is 0.359. The predicted octanol–water partition coefficient (Wildman–Crippen LogP) is 0.544. The van der Waals surface area contributed by atoms with Crippen molar-refractivity contribution in [2.45, 2.75) is 26.4 Å². The molecule has 74 valence electrons. The van der Waals surface area contributed by atoms with Crippen molar-refractivity contribution < 1.29 is 19.1 Å². The summed E-state index contributed by atoms with van der Waals surface area (Å²) in [5.74, 6) is -0.485. The number of carbonyl (C=O) groups is 2. The molecule has 1 aliphatic rings. The summed E-state index contributed by atoms with van der Waals surface area (Å²) < 4.78 is 9.92. The molecular formula is C9H14O4. The Labute approximate surface area is 77.2 Å². The molecule has 1 aliphatic heterocycles. The first kappa shape index (κ1) is 10.2. The highest BCUT2D eigenvalue weighted by Gasteiger charge is 2.48. The van der Waals surface area contributed by atoms with Gasteiger partial charge < -0.3 is 14.3 Å². The highest BCUT2D eigenvalue weighted by atomic mass is 16.6. The summed E-state index contributed by atoms with van der Waals surface area (Å²) in [7, 11) is 0. The third-order valence-corrected chi connectivity index (χ3v) is 1.75. The lowest BCUT2D eigenvalue weighted by molar-refractivity contribution is -0.192. The lowest BCUT2D eigenvalue weighted by Gasteiger charge is -2.36. The van der Waals surface area contributed by atoms with E-state index in [1.165, 1.54) is 0 Å². The van der Waals surface area contributed by atoms with E-state index in [0.717, 1.165) is 0 Å². The number of aldehydes is 1. The zero-order chi connectivity index (χ0) is 10.1. The number of esters is 1. The van der Waals surface area contributed by atoms with Gasteiger partial charge in [-0.3, -0.25) is 4.79 Å². The number of rotatable bonds is 2. The van der Waals surface area contributed by atoms with Crippen LogP contribution in [0.2, 0.25) is 0 Å². The van der Waals surface area contributed by atoms with Crippen LogP contribution in [0.4, 0.5) is 0 Å². The van der Waals surface area contributed by atoms with E-state index in [0.29, 0.717) is 6.29 Å². The Morgan fingerprint density at radius 1 is 1.46 bits per heavy atom. The molecule has 13 heavy (non-hydrogen) atoms. The van der Waals surface area contributed by atoms with Crippen molar-refractivity contribution in [2.75, 3.05) is 13.2 Å². The molecule has 1 rings (SSSR count). The first-order chi connectivity index (χ1) is 5.90. The maximum atomic E-state index is 11.5. The fraction of sp³-hybridized carbons (Fsp3) is 0.778. The van der Waals surface area contributed by atoms with Crippen LogP contribution >= 0.6 is 0 Å². The monoisotopic (exact) mass is 186 g/mol. The minimum atomic E-state index is -1.03. The predicted molar refractivity (Wildman–Crippen MR) is 45.2 cm³/mol. The Bertz CT molecular complexity index is 222. The van der Waals surface area contributed by atoms with E-state index < -0.39 is 17.0 Å². The Hall–Kier alpha value is -0.900. The summed E-state index contributed by atoms with van der Waals surface area (Å²) in [4.78, 5) is 22.1. The Morgan fingerprint density at radius 3 is 2.23 bits per heavy atom. The molecule has 0 unspecified atom stereocenters. The number of hydrogen-bond donors (Lipinski definition) is 0. The highest BCUT2D eigenvalue weighted by molar-refractivity contribution is 5.94. The van der Waals surface area contributed by atoms with Gasteiger partial charge in [-0.2, -0.15) is 0 Å². The van der Waals surface area contributed by atoms with E-state index in [1.807, 2.05) is 0 Å². The van der Waals surface area contributed by atoms with Gasteiger partial charge in [0.25, 0.3) is 0 Å². The maximum absolute atomic E-state index is 11.5. The first-order valence-corrected chi connectivity index (χ1v) is 4.17. The average Bonchev–Trinajstić information content (AvgIpc) is 1.80. The third-order valence-electron chi connectivity index (χ3n) is 1.75. The number of ether oxygens (including phenoxy) is 2. The van der Waals surface area contributed by atoms with Gasteiger partial charge in [-0.15, -0.1) is 0 Å². The summed E-state index contributed by atoms with van der Waals surface area (Å²) in [5.41, 5.74) is -1.59. The Kier molecular flexibility index (Phi) is 2.43. The van der Waals surface area contributed by atoms with Gasteiger partial charge in [0.1, 0.15) is 11.9 Å². The van der Waals surface area contributed by atoms with Crippen molar-refractivity contribution >= 4 is 12.3 Å². The largest absolute Gasteiger partial charge is 0.459 e. The second kappa shape index (κ2) is 3.10. The summed E-state index contributed by atoms with van der Waals surface area (Å²) >= 11 is 0. The lowest BCUT2D eigenvalue weighted by atomic mass is 9.88. The molecule has 0 atom stereocenters. The lowest BCUT2D eigenvalue weighted by Crippen LogP contribution is -2.52. The van der Waals surface area contributed by atoms with Gasteiger partial charge in [0.15, 0.2) is 5.41 Å². The zero-order valence-electron chi connectivity index (χ0n) is 8.12. The van der Waals surface area contributed by atoms with Gasteiger partial charge in [0.05, 0.1) is 13.2 Å². The molecule has 0 radical (unpaired) electrons. The molecule has 1 heterocycles. The van der Waals surface area contributed by atoms with Crippen LogP contribution in [0.15, 0.2) is 0 Å². The van der Waals surface area contributed by atoms with Crippen molar-refractivity contribution in [3.63, 3.8) is 0 Å². The molecule has 0 saturated carbocycles. The van der Waals surface area contributed by atoms with Gasteiger partial charge in [-0.25, -0.2) is 0 Å². The molecule has 4 heteroatoms. The van der Waals surface area contributed by atoms with E-state index in [4.69, 9.17) is 9.47 Å². The average molecular weight is 186 g/mol. The van der Waals surface area contributed by atoms with E-state index in [1.54, 1.807) is 20.8 Å². The molecule has 4 nitrogen and oxygen atoms in total. The van der Waals surface area contributed by atoms with Crippen LogP contribution in [0.1, 0.15) is 20.8 Å². The van der Waals surface area contributed by atoms with Gasteiger partial charge >= 0.3 is 5.97 Å². The standard InChI is InChI=1S/C9H14O4/c1-8(2,3)13-7(11)9(4-10)5-12-6-9/h4H,5-6H2,1-3H3. The van der Waals surface area contributed by atoms with Crippen LogP contribution in [0.25, 0.3) is 0 Å². The third kappa shape index (κ3) is 2.06.